The van der Waals surface area contributed by atoms with Crippen LogP contribution >= 0.6 is 0 Å². The molecule has 1 aromatic heterocycles. The Morgan fingerprint density at radius 3 is 2.72 bits per heavy atom. The molecule has 1 fully saturated rings. The first-order valence-corrected chi connectivity index (χ1v) is 8.74. The summed E-state index contributed by atoms with van der Waals surface area (Å²) in [6.07, 6.45) is 1.06. The summed E-state index contributed by atoms with van der Waals surface area (Å²) in [5.41, 5.74) is 2.73. The monoisotopic (exact) mass is 342 g/mol. The molecule has 0 saturated carbocycles. The molecule has 3 rings (SSSR count). The van der Waals surface area contributed by atoms with E-state index in [4.69, 9.17) is 9.15 Å². The average molecular weight is 342 g/mol. The fraction of sp³-hybridized carbons (Fsp3) is 0.450. The zero-order valence-electron chi connectivity index (χ0n) is 15.4. The lowest BCUT2D eigenvalue weighted by molar-refractivity contribution is 0.0946. The maximum absolute atomic E-state index is 12.5. The van der Waals surface area contributed by atoms with E-state index in [0.29, 0.717) is 23.8 Å². The zero-order valence-corrected chi connectivity index (χ0v) is 15.4. The van der Waals surface area contributed by atoms with Crippen LogP contribution in [0.3, 0.4) is 0 Å². The summed E-state index contributed by atoms with van der Waals surface area (Å²) in [7, 11) is 1.70. The van der Waals surface area contributed by atoms with Gasteiger partial charge in [0, 0.05) is 25.2 Å². The van der Waals surface area contributed by atoms with Crippen molar-refractivity contribution in [2.45, 2.75) is 27.2 Å². The topological polar surface area (TPSA) is 54.7 Å². The van der Waals surface area contributed by atoms with Gasteiger partial charge in [-0.25, -0.2) is 0 Å². The quantitative estimate of drug-likeness (QED) is 0.904. The summed E-state index contributed by atoms with van der Waals surface area (Å²) in [5.74, 6) is 2.79. The molecule has 1 saturated heterocycles. The molecule has 2 aromatic rings. The Hall–Kier alpha value is -2.43. The highest BCUT2D eigenvalue weighted by atomic mass is 16.5. The number of rotatable bonds is 5. The van der Waals surface area contributed by atoms with Crippen molar-refractivity contribution in [1.29, 1.82) is 0 Å². The van der Waals surface area contributed by atoms with Crippen LogP contribution in [0.1, 0.15) is 33.9 Å². The third kappa shape index (κ3) is 3.50. The molecule has 5 nitrogen and oxygen atoms in total. The molecular weight excluding hydrogens is 316 g/mol. The van der Waals surface area contributed by atoms with Gasteiger partial charge in [0.2, 0.25) is 0 Å². The van der Waals surface area contributed by atoms with Crippen LogP contribution in [-0.2, 0) is 0 Å². The van der Waals surface area contributed by atoms with Crippen LogP contribution in [0.25, 0.3) is 0 Å². The van der Waals surface area contributed by atoms with Gasteiger partial charge in [-0.3, -0.25) is 4.79 Å². The third-order valence-electron chi connectivity index (χ3n) is 5.05. The largest absolute Gasteiger partial charge is 0.495 e. The first kappa shape index (κ1) is 17.4. The minimum atomic E-state index is -0.0393. The number of methoxy groups -OCH3 is 1. The molecule has 1 N–H and O–H groups in total. The molecule has 2 heterocycles. The number of furan rings is 1. The van der Waals surface area contributed by atoms with Gasteiger partial charge in [0.1, 0.15) is 17.3 Å². The first-order valence-electron chi connectivity index (χ1n) is 8.74. The summed E-state index contributed by atoms with van der Waals surface area (Å²) >= 11 is 0. The van der Waals surface area contributed by atoms with E-state index in [-0.39, 0.29) is 5.91 Å². The predicted molar refractivity (Wildman–Crippen MR) is 98.6 cm³/mol. The Morgan fingerprint density at radius 1 is 1.28 bits per heavy atom. The lowest BCUT2D eigenvalue weighted by Crippen LogP contribution is -2.31. The molecule has 1 aliphatic heterocycles. The van der Waals surface area contributed by atoms with Gasteiger partial charge in [0.15, 0.2) is 0 Å². The number of para-hydroxylation sites is 2. The summed E-state index contributed by atoms with van der Waals surface area (Å²) in [4.78, 5) is 14.8. The van der Waals surface area contributed by atoms with E-state index >= 15 is 0 Å². The Balaban J connectivity index is 1.59. The molecule has 0 unspecified atom stereocenters. The molecular formula is C20H26N2O3. The number of nitrogens with one attached hydrogen (secondary N) is 1. The third-order valence-corrected chi connectivity index (χ3v) is 5.05. The summed E-state index contributed by atoms with van der Waals surface area (Å²) in [6.45, 7) is 8.23. The van der Waals surface area contributed by atoms with E-state index in [1.54, 1.807) is 7.11 Å². The van der Waals surface area contributed by atoms with Crippen LogP contribution in [0.4, 0.5) is 5.69 Å². The molecule has 0 bridgehead atoms. The van der Waals surface area contributed by atoms with Crippen LogP contribution < -0.4 is 15.0 Å². The lowest BCUT2D eigenvalue weighted by atomic mass is 10.1. The zero-order chi connectivity index (χ0) is 18.0. The van der Waals surface area contributed by atoms with Crippen LogP contribution in [0.2, 0.25) is 0 Å². The number of aryl methyl sites for hydroxylation is 2. The summed E-state index contributed by atoms with van der Waals surface area (Å²) in [5, 5.41) is 3.08. The van der Waals surface area contributed by atoms with Crippen LogP contribution in [0.15, 0.2) is 28.7 Å². The van der Waals surface area contributed by atoms with E-state index in [2.05, 4.69) is 16.3 Å². The molecule has 0 spiro atoms. The minimum absolute atomic E-state index is 0.0393. The van der Waals surface area contributed by atoms with Gasteiger partial charge in [0.05, 0.1) is 18.4 Å². The van der Waals surface area contributed by atoms with Crippen molar-refractivity contribution >= 4 is 11.6 Å². The van der Waals surface area contributed by atoms with Crippen LogP contribution in [0.5, 0.6) is 5.75 Å². The highest BCUT2D eigenvalue weighted by molar-refractivity contribution is 5.96. The Labute approximate surface area is 149 Å². The second-order valence-corrected chi connectivity index (χ2v) is 6.70. The Bertz CT molecular complexity index is 766. The Morgan fingerprint density at radius 2 is 2.04 bits per heavy atom. The fourth-order valence-electron chi connectivity index (χ4n) is 3.56. The number of ether oxygens (including phenoxy) is 1. The number of anilines is 1. The molecule has 0 aliphatic carbocycles. The lowest BCUT2D eigenvalue weighted by Gasteiger charge is -2.21. The molecule has 5 heteroatoms. The highest BCUT2D eigenvalue weighted by Crippen LogP contribution is 2.31. The molecule has 134 valence electrons. The fourth-order valence-corrected chi connectivity index (χ4v) is 3.56. The number of carbonyl (C=O) groups is 1. The minimum Gasteiger partial charge on any atom is -0.495 e. The number of nitrogens with zero attached hydrogens (tertiary/aromatic N) is 1. The van der Waals surface area contributed by atoms with Gasteiger partial charge in [0.25, 0.3) is 5.91 Å². The predicted octanol–water partition coefficient (Wildman–Crippen LogP) is 3.47. The van der Waals surface area contributed by atoms with E-state index in [1.165, 1.54) is 0 Å². The van der Waals surface area contributed by atoms with Gasteiger partial charge < -0.3 is 19.4 Å². The SMILES string of the molecule is COc1ccccc1N1CC[C@@H](CNC(=O)c2c(C)oc(C)c2C)C1. The molecule has 1 aromatic carbocycles. The molecule has 1 aliphatic rings. The average Bonchev–Trinajstić information content (AvgIpc) is 3.17. The first-order chi connectivity index (χ1) is 12.0. The second-order valence-electron chi connectivity index (χ2n) is 6.70. The summed E-state index contributed by atoms with van der Waals surface area (Å²) in [6, 6.07) is 8.07. The Kier molecular flexibility index (Phi) is 5.02. The number of amides is 1. The number of carbonyl (C=O) groups excluding carboxylic acids is 1. The smallest absolute Gasteiger partial charge is 0.255 e. The van der Waals surface area contributed by atoms with Gasteiger partial charge in [-0.05, 0) is 45.2 Å². The van der Waals surface area contributed by atoms with Crippen LogP contribution in [0, 0.1) is 26.7 Å². The molecule has 25 heavy (non-hydrogen) atoms. The summed E-state index contributed by atoms with van der Waals surface area (Å²) < 4.78 is 11.0. The van der Waals surface area contributed by atoms with E-state index in [1.807, 2.05) is 39.0 Å². The highest BCUT2D eigenvalue weighted by Gasteiger charge is 2.26. The molecule has 1 amide bonds. The normalized spacial score (nSPS) is 17.0. The van der Waals surface area contributed by atoms with E-state index in [0.717, 1.165) is 42.3 Å². The second kappa shape index (κ2) is 7.21. The number of hydrogen-bond acceptors (Lipinski definition) is 4. The number of benzene rings is 1. The molecule has 1 atom stereocenters. The maximum Gasteiger partial charge on any atom is 0.255 e. The number of hydrogen-bond donors (Lipinski definition) is 1. The van der Waals surface area contributed by atoms with Gasteiger partial charge >= 0.3 is 0 Å². The van der Waals surface area contributed by atoms with Crippen molar-refractivity contribution in [2.24, 2.45) is 5.92 Å². The van der Waals surface area contributed by atoms with E-state index < -0.39 is 0 Å². The van der Waals surface area contributed by atoms with Crippen molar-refractivity contribution in [3.63, 3.8) is 0 Å². The van der Waals surface area contributed by atoms with E-state index in [9.17, 15) is 4.79 Å². The van der Waals surface area contributed by atoms with Gasteiger partial charge in [-0.15, -0.1) is 0 Å². The van der Waals surface area contributed by atoms with Gasteiger partial charge in [-0.1, -0.05) is 12.1 Å². The van der Waals surface area contributed by atoms with Crippen molar-refractivity contribution in [3.05, 3.63) is 46.9 Å². The van der Waals surface area contributed by atoms with Gasteiger partial charge in [-0.2, -0.15) is 0 Å². The van der Waals surface area contributed by atoms with Crippen molar-refractivity contribution in [1.82, 2.24) is 5.32 Å². The van der Waals surface area contributed by atoms with Crippen molar-refractivity contribution in [3.8, 4) is 5.75 Å². The van der Waals surface area contributed by atoms with Crippen molar-refractivity contribution < 1.29 is 13.9 Å². The van der Waals surface area contributed by atoms with Crippen LogP contribution in [-0.4, -0.2) is 32.7 Å². The van der Waals surface area contributed by atoms with Crippen molar-refractivity contribution in [2.75, 3.05) is 31.6 Å². The maximum atomic E-state index is 12.5. The standard InChI is InChI=1S/C20H26N2O3/c1-13-14(2)25-15(3)19(13)20(23)21-11-16-9-10-22(12-16)17-7-5-6-8-18(17)24-4/h5-8,16H,9-12H2,1-4H3,(H,21,23)/t16-/m0/s1. The molecule has 0 radical (unpaired) electrons.